The van der Waals surface area contributed by atoms with Crippen LogP contribution in [0.4, 0.5) is 11.4 Å². The Labute approximate surface area is 288 Å². The van der Waals surface area contributed by atoms with Crippen LogP contribution in [-0.4, -0.2) is 37.7 Å². The first-order chi connectivity index (χ1) is 22.8. The quantitative estimate of drug-likeness (QED) is 0.0771. The molecule has 8 rings (SSSR count). The fraction of sp³-hybridized carbons (Fsp3) is 0.316. The second-order valence-corrected chi connectivity index (χ2v) is 16.5. The Balaban J connectivity index is 0.826. The summed E-state index contributed by atoms with van der Waals surface area (Å²) in [4.78, 5) is 7.81. The van der Waals surface area contributed by atoms with Crippen LogP contribution in [0, 0.1) is 0 Å². The van der Waals surface area contributed by atoms with Gasteiger partial charge in [0.1, 0.15) is 9.40 Å². The van der Waals surface area contributed by atoms with Crippen molar-refractivity contribution in [3.8, 4) is 0 Å². The Bertz CT molecular complexity index is 1780. The van der Waals surface area contributed by atoms with E-state index in [1.807, 2.05) is 46.2 Å². The summed E-state index contributed by atoms with van der Waals surface area (Å²) in [7, 11) is 0. The average Bonchev–Trinajstić information content (AvgIpc) is 3.92. The predicted molar refractivity (Wildman–Crippen MR) is 199 cm³/mol. The zero-order valence-corrected chi connectivity index (χ0v) is 29.4. The van der Waals surface area contributed by atoms with Crippen molar-refractivity contribution in [3.05, 3.63) is 107 Å². The van der Waals surface area contributed by atoms with Crippen molar-refractivity contribution < 1.29 is 9.13 Å². The van der Waals surface area contributed by atoms with E-state index in [1.165, 1.54) is 105 Å². The third kappa shape index (κ3) is 6.55. The van der Waals surface area contributed by atoms with E-state index < -0.39 is 0 Å². The van der Waals surface area contributed by atoms with Crippen LogP contribution in [0.15, 0.2) is 106 Å². The maximum absolute atomic E-state index is 2.55. The minimum atomic E-state index is 0.908. The number of hydrogen-bond donors (Lipinski definition) is 0. The van der Waals surface area contributed by atoms with Gasteiger partial charge in [-0.3, -0.25) is 0 Å². The molecule has 0 bridgehead atoms. The molecule has 2 aliphatic rings. The summed E-state index contributed by atoms with van der Waals surface area (Å²) in [5, 5.41) is 4.48. The minimum absolute atomic E-state index is 0.908. The molecule has 0 radical (unpaired) electrons. The first kappa shape index (κ1) is 30.3. The van der Waals surface area contributed by atoms with Gasteiger partial charge < -0.3 is 9.80 Å². The molecule has 0 spiro atoms. The molecule has 4 aromatic heterocycles. The lowest BCUT2D eigenvalue weighted by Gasteiger charge is -2.17. The molecule has 2 aromatic carbocycles. The van der Waals surface area contributed by atoms with Crippen LogP contribution in [-0.2, 0) is 13.1 Å². The maximum Gasteiger partial charge on any atom is 0.225 e. The lowest BCUT2D eigenvalue weighted by Crippen LogP contribution is -2.35. The Morgan fingerprint density at radius 1 is 0.522 bits per heavy atom. The van der Waals surface area contributed by atoms with Gasteiger partial charge >= 0.3 is 0 Å². The van der Waals surface area contributed by atoms with Crippen molar-refractivity contribution in [1.82, 2.24) is 0 Å². The molecule has 8 heteroatoms. The van der Waals surface area contributed by atoms with Gasteiger partial charge in [0.05, 0.1) is 11.4 Å². The Hall–Kier alpha value is -3.04. The van der Waals surface area contributed by atoms with E-state index in [0.717, 1.165) is 24.6 Å². The SMILES string of the molecule is c1cc2c(s1)c(N1CCCC1)cc[n+]2Cc1ccc(SCCSc2ccc(C[n+]3ccc(N4CCCC4)c4sccc43)cc2)cc1. The molecule has 0 aliphatic carbocycles. The number of rotatable bonds is 11. The fourth-order valence-electron chi connectivity index (χ4n) is 6.86. The van der Waals surface area contributed by atoms with Crippen LogP contribution in [0.3, 0.4) is 0 Å². The number of nitrogens with zero attached hydrogens (tertiary/aromatic N) is 4. The van der Waals surface area contributed by atoms with Gasteiger partial charge in [-0.1, -0.05) is 24.3 Å². The highest BCUT2D eigenvalue weighted by molar-refractivity contribution is 8.03. The average molecular weight is 681 g/mol. The summed E-state index contributed by atoms with van der Waals surface area (Å²) in [6.07, 6.45) is 9.80. The molecule has 6 heterocycles. The summed E-state index contributed by atoms with van der Waals surface area (Å²) in [5.74, 6) is 2.20. The number of hydrogen-bond acceptors (Lipinski definition) is 6. The molecule has 46 heavy (non-hydrogen) atoms. The molecule has 0 unspecified atom stereocenters. The Morgan fingerprint density at radius 2 is 0.935 bits per heavy atom. The van der Waals surface area contributed by atoms with E-state index in [2.05, 4.69) is 115 Å². The van der Waals surface area contributed by atoms with Crippen LogP contribution in [0.5, 0.6) is 0 Å². The van der Waals surface area contributed by atoms with Gasteiger partial charge in [-0.25, -0.2) is 0 Å². The van der Waals surface area contributed by atoms with Gasteiger partial charge in [0, 0.05) is 82.9 Å². The lowest BCUT2D eigenvalue weighted by molar-refractivity contribution is -0.662. The number of fused-ring (bicyclic) bond motifs is 2. The van der Waals surface area contributed by atoms with Crippen LogP contribution in [0.25, 0.3) is 20.4 Å². The van der Waals surface area contributed by atoms with Crippen LogP contribution in [0.2, 0.25) is 0 Å². The van der Waals surface area contributed by atoms with E-state index >= 15 is 0 Å². The normalized spacial score (nSPS) is 15.1. The summed E-state index contributed by atoms with van der Waals surface area (Å²) in [6, 6.07) is 27.6. The van der Waals surface area contributed by atoms with Crippen LogP contribution >= 0.6 is 46.2 Å². The van der Waals surface area contributed by atoms with Gasteiger partial charge in [0.15, 0.2) is 25.5 Å². The van der Waals surface area contributed by atoms with Gasteiger partial charge in [-0.2, -0.15) is 9.13 Å². The highest BCUT2D eigenvalue weighted by atomic mass is 32.2. The van der Waals surface area contributed by atoms with E-state index in [1.54, 1.807) is 0 Å². The molecular weight excluding hydrogens is 641 g/mol. The molecular formula is C38H40N4S4+2. The first-order valence-electron chi connectivity index (χ1n) is 16.5. The highest BCUT2D eigenvalue weighted by Crippen LogP contribution is 2.33. The second kappa shape index (κ2) is 14.0. The zero-order valence-electron chi connectivity index (χ0n) is 26.1. The van der Waals surface area contributed by atoms with Crippen LogP contribution < -0.4 is 18.9 Å². The first-order valence-corrected chi connectivity index (χ1v) is 20.2. The number of pyridine rings is 2. The number of thiophene rings is 2. The van der Waals surface area contributed by atoms with Crippen molar-refractivity contribution in [3.63, 3.8) is 0 Å². The molecule has 2 fully saturated rings. The smallest absolute Gasteiger partial charge is 0.225 e. The van der Waals surface area contributed by atoms with E-state index in [-0.39, 0.29) is 0 Å². The molecule has 0 amide bonds. The zero-order chi connectivity index (χ0) is 30.7. The molecule has 0 N–H and O–H groups in total. The standard InChI is InChI=1S/C38H40N4S4/c1-2-18-39(17-1)33-13-21-41(35-15-23-45-37(33)35)27-29-5-9-31(10-6-29)43-25-26-44-32-11-7-30(8-12-32)28-42-22-14-34(40-19-3-4-20-40)38-36(42)16-24-46-38/h5-16,21-24H,1-4,17-20,25-28H2/q+2. The predicted octanol–water partition coefficient (Wildman–Crippen LogP) is 8.87. The summed E-state index contributed by atoms with van der Waals surface area (Å²) >= 11 is 7.65. The molecule has 4 nitrogen and oxygen atoms in total. The second-order valence-electron chi connectivity index (χ2n) is 12.3. The summed E-state index contributed by atoms with van der Waals surface area (Å²) in [5.41, 5.74) is 8.23. The van der Waals surface area contributed by atoms with Crippen molar-refractivity contribution in [2.75, 3.05) is 47.5 Å². The number of benzene rings is 2. The fourth-order valence-corrected chi connectivity index (χ4v) is 10.6. The van der Waals surface area contributed by atoms with Crippen LogP contribution in [0.1, 0.15) is 36.8 Å². The summed E-state index contributed by atoms with van der Waals surface area (Å²) < 4.78 is 7.65. The number of anilines is 2. The van der Waals surface area contributed by atoms with Gasteiger partial charge in [-0.15, -0.1) is 46.2 Å². The van der Waals surface area contributed by atoms with Gasteiger partial charge in [0.2, 0.25) is 11.0 Å². The summed E-state index contributed by atoms with van der Waals surface area (Å²) in [6.45, 7) is 6.57. The highest BCUT2D eigenvalue weighted by Gasteiger charge is 2.22. The molecule has 0 atom stereocenters. The van der Waals surface area contributed by atoms with Gasteiger partial charge in [-0.05, 0) is 60.7 Å². The molecule has 0 saturated carbocycles. The van der Waals surface area contributed by atoms with E-state index in [9.17, 15) is 0 Å². The Kier molecular flexibility index (Phi) is 9.21. The number of thioether (sulfide) groups is 2. The monoisotopic (exact) mass is 680 g/mol. The van der Waals surface area contributed by atoms with Crippen molar-refractivity contribution >= 4 is 78.0 Å². The van der Waals surface area contributed by atoms with Crippen molar-refractivity contribution in [2.45, 2.75) is 48.6 Å². The lowest BCUT2D eigenvalue weighted by atomic mass is 10.2. The molecule has 2 aliphatic heterocycles. The van der Waals surface area contributed by atoms with E-state index in [0.29, 0.717) is 0 Å². The number of aromatic nitrogens is 2. The molecule has 2 saturated heterocycles. The third-order valence-electron chi connectivity index (χ3n) is 9.26. The maximum atomic E-state index is 2.55. The minimum Gasteiger partial charge on any atom is -0.370 e. The molecule has 6 aromatic rings. The van der Waals surface area contributed by atoms with Crippen molar-refractivity contribution in [1.29, 1.82) is 0 Å². The third-order valence-corrected chi connectivity index (χ3v) is 13.4. The largest absolute Gasteiger partial charge is 0.370 e. The topological polar surface area (TPSA) is 14.2 Å². The van der Waals surface area contributed by atoms with E-state index in [4.69, 9.17) is 0 Å². The van der Waals surface area contributed by atoms with Gasteiger partial charge in [0.25, 0.3) is 0 Å². The Morgan fingerprint density at radius 3 is 1.35 bits per heavy atom. The van der Waals surface area contributed by atoms with Crippen molar-refractivity contribution in [2.24, 2.45) is 0 Å². The molecule has 234 valence electrons.